The molecule has 0 saturated carbocycles. The first-order valence-corrected chi connectivity index (χ1v) is 10.1. The van der Waals surface area contributed by atoms with Gasteiger partial charge in [0.05, 0.1) is 4.90 Å². The number of aromatic nitrogens is 2. The fourth-order valence-electron chi connectivity index (χ4n) is 3.09. The maximum Gasteiger partial charge on any atom is 0.175 e. The molecule has 130 valence electrons. The number of ether oxygens (including phenoxy) is 1. The van der Waals surface area contributed by atoms with Crippen LogP contribution in [-0.4, -0.2) is 56.0 Å². The summed E-state index contributed by atoms with van der Waals surface area (Å²) in [6.45, 7) is 3.43. The lowest BCUT2D eigenvalue weighted by molar-refractivity contribution is 0.169. The molecule has 6 nitrogen and oxygen atoms in total. The van der Waals surface area contributed by atoms with Crippen LogP contribution in [0.3, 0.4) is 0 Å². The largest absolute Gasteiger partial charge is 0.492 e. The molecule has 0 spiro atoms. The van der Waals surface area contributed by atoms with E-state index in [0.29, 0.717) is 18.3 Å². The summed E-state index contributed by atoms with van der Waals surface area (Å²) < 4.78 is 28.9. The molecule has 1 aromatic heterocycles. The number of aromatic amines is 1. The van der Waals surface area contributed by atoms with Crippen LogP contribution in [0.5, 0.6) is 5.75 Å². The highest BCUT2D eigenvalue weighted by Crippen LogP contribution is 2.25. The lowest BCUT2D eigenvalue weighted by Gasteiger charge is -2.32. The van der Waals surface area contributed by atoms with Gasteiger partial charge in [-0.2, -0.15) is 5.10 Å². The number of piperidine rings is 1. The van der Waals surface area contributed by atoms with Crippen LogP contribution in [0.15, 0.2) is 41.4 Å². The zero-order chi connectivity index (χ0) is 17.0. The number of nitrogens with zero attached hydrogens (tertiary/aromatic N) is 2. The van der Waals surface area contributed by atoms with Gasteiger partial charge in [-0.15, -0.1) is 0 Å². The Morgan fingerprint density at radius 3 is 3.00 bits per heavy atom. The van der Waals surface area contributed by atoms with Crippen LogP contribution >= 0.6 is 0 Å². The first-order valence-electron chi connectivity index (χ1n) is 8.17. The molecule has 3 rings (SSSR count). The molecule has 2 aromatic rings. The number of hydrogen-bond acceptors (Lipinski definition) is 5. The highest BCUT2D eigenvalue weighted by atomic mass is 32.2. The lowest BCUT2D eigenvalue weighted by Crippen LogP contribution is -2.37. The monoisotopic (exact) mass is 349 g/mol. The van der Waals surface area contributed by atoms with Gasteiger partial charge in [0.15, 0.2) is 9.84 Å². The van der Waals surface area contributed by atoms with Crippen LogP contribution in [0.1, 0.15) is 24.5 Å². The van der Waals surface area contributed by atoms with E-state index in [1.165, 1.54) is 18.4 Å². The lowest BCUT2D eigenvalue weighted by atomic mass is 9.95. The van der Waals surface area contributed by atoms with Crippen molar-refractivity contribution in [2.24, 2.45) is 0 Å². The molecule has 1 atom stereocenters. The first-order chi connectivity index (χ1) is 11.5. The maximum absolute atomic E-state index is 11.6. The van der Waals surface area contributed by atoms with Gasteiger partial charge in [0.1, 0.15) is 12.4 Å². The van der Waals surface area contributed by atoms with Gasteiger partial charge >= 0.3 is 0 Å². The molecule has 7 heteroatoms. The van der Waals surface area contributed by atoms with Crippen molar-refractivity contribution in [2.75, 3.05) is 32.5 Å². The van der Waals surface area contributed by atoms with E-state index >= 15 is 0 Å². The summed E-state index contributed by atoms with van der Waals surface area (Å²) in [5.41, 5.74) is 1.20. The van der Waals surface area contributed by atoms with Gasteiger partial charge in [-0.3, -0.25) is 10.00 Å². The summed E-state index contributed by atoms with van der Waals surface area (Å²) in [4.78, 5) is 2.67. The minimum Gasteiger partial charge on any atom is -0.492 e. The highest BCUT2D eigenvalue weighted by molar-refractivity contribution is 7.90. The molecule has 2 heterocycles. The second-order valence-electron chi connectivity index (χ2n) is 6.25. The molecular formula is C17H23N3O3S. The van der Waals surface area contributed by atoms with Crippen LogP contribution in [0.2, 0.25) is 0 Å². The number of rotatable bonds is 6. The Hall–Kier alpha value is -1.86. The summed E-state index contributed by atoms with van der Waals surface area (Å²) in [5.74, 6) is 1.09. The molecule has 1 unspecified atom stereocenters. The Morgan fingerprint density at radius 2 is 2.25 bits per heavy atom. The quantitative estimate of drug-likeness (QED) is 0.864. The summed E-state index contributed by atoms with van der Waals surface area (Å²) in [7, 11) is -3.20. The Bertz CT molecular complexity index is 759. The molecule has 1 saturated heterocycles. The van der Waals surface area contributed by atoms with Crippen molar-refractivity contribution in [3.63, 3.8) is 0 Å². The smallest absolute Gasteiger partial charge is 0.175 e. The van der Waals surface area contributed by atoms with Crippen LogP contribution < -0.4 is 4.74 Å². The SMILES string of the molecule is CS(=O)(=O)c1cccc(OCCN2CCCC(c3ccn[nH]3)C2)c1. The molecule has 0 amide bonds. The van der Waals surface area contributed by atoms with Gasteiger partial charge in [0, 0.05) is 37.2 Å². The molecule has 0 aliphatic carbocycles. The van der Waals surface area contributed by atoms with Crippen molar-refractivity contribution in [1.29, 1.82) is 0 Å². The zero-order valence-corrected chi connectivity index (χ0v) is 14.6. The van der Waals surface area contributed by atoms with E-state index in [0.717, 1.165) is 26.1 Å². The summed E-state index contributed by atoms with van der Waals surface area (Å²) >= 11 is 0. The fraction of sp³-hybridized carbons (Fsp3) is 0.471. The predicted octanol–water partition coefficient (Wildman–Crippen LogP) is 2.07. The third-order valence-corrected chi connectivity index (χ3v) is 5.49. The van der Waals surface area contributed by atoms with Gasteiger partial charge < -0.3 is 4.74 Å². The predicted molar refractivity (Wildman–Crippen MR) is 92.0 cm³/mol. The maximum atomic E-state index is 11.6. The molecule has 1 fully saturated rings. The fourth-order valence-corrected chi connectivity index (χ4v) is 3.75. The van der Waals surface area contributed by atoms with E-state index in [1.807, 2.05) is 6.07 Å². The molecule has 24 heavy (non-hydrogen) atoms. The molecule has 1 N–H and O–H groups in total. The Balaban J connectivity index is 1.51. The average Bonchev–Trinajstić information content (AvgIpc) is 3.09. The third kappa shape index (κ3) is 4.36. The van der Waals surface area contributed by atoms with E-state index in [9.17, 15) is 8.42 Å². The summed E-state index contributed by atoms with van der Waals surface area (Å²) in [6.07, 6.45) is 5.34. The second kappa shape index (κ2) is 7.36. The van der Waals surface area contributed by atoms with E-state index in [4.69, 9.17) is 4.74 Å². The number of likely N-dealkylation sites (tertiary alicyclic amines) is 1. The molecule has 1 aliphatic heterocycles. The second-order valence-corrected chi connectivity index (χ2v) is 8.26. The topological polar surface area (TPSA) is 75.3 Å². The van der Waals surface area contributed by atoms with Gasteiger partial charge in [0.2, 0.25) is 0 Å². The first kappa shape index (κ1) is 17.0. The Morgan fingerprint density at radius 1 is 1.38 bits per heavy atom. The highest BCUT2D eigenvalue weighted by Gasteiger charge is 2.22. The van der Waals surface area contributed by atoms with Crippen molar-refractivity contribution in [1.82, 2.24) is 15.1 Å². The zero-order valence-electron chi connectivity index (χ0n) is 13.8. The van der Waals surface area contributed by atoms with Crippen molar-refractivity contribution >= 4 is 9.84 Å². The molecule has 1 aliphatic rings. The van der Waals surface area contributed by atoms with Gasteiger partial charge in [0.25, 0.3) is 0 Å². The van der Waals surface area contributed by atoms with Crippen LogP contribution in [0.25, 0.3) is 0 Å². The van der Waals surface area contributed by atoms with Crippen molar-refractivity contribution in [3.8, 4) is 5.75 Å². The molecular weight excluding hydrogens is 326 g/mol. The van der Waals surface area contributed by atoms with Crippen LogP contribution in [0.4, 0.5) is 0 Å². The average molecular weight is 349 g/mol. The van der Waals surface area contributed by atoms with Crippen LogP contribution in [0, 0.1) is 0 Å². The number of hydrogen-bond donors (Lipinski definition) is 1. The minimum atomic E-state index is -3.20. The minimum absolute atomic E-state index is 0.289. The number of sulfone groups is 1. The number of H-pyrrole nitrogens is 1. The van der Waals surface area contributed by atoms with Crippen molar-refractivity contribution in [3.05, 3.63) is 42.2 Å². The Labute approximate surface area is 142 Å². The van der Waals surface area contributed by atoms with E-state index < -0.39 is 9.84 Å². The Kier molecular flexibility index (Phi) is 5.20. The third-order valence-electron chi connectivity index (χ3n) is 4.38. The summed E-state index contributed by atoms with van der Waals surface area (Å²) in [5, 5.41) is 7.10. The molecule has 0 radical (unpaired) electrons. The van der Waals surface area contributed by atoms with Gasteiger partial charge in [-0.05, 0) is 43.7 Å². The van der Waals surface area contributed by atoms with Crippen molar-refractivity contribution < 1.29 is 13.2 Å². The molecule has 0 bridgehead atoms. The number of benzene rings is 1. The standard InChI is InChI=1S/C17H23N3O3S/c1-24(21,22)16-6-2-5-15(12-16)23-11-10-20-9-3-4-14(13-20)17-7-8-18-19-17/h2,5-8,12,14H,3-4,9-11,13H2,1H3,(H,18,19). The normalized spacial score (nSPS) is 19.3. The number of nitrogens with one attached hydrogen (secondary N) is 1. The summed E-state index contributed by atoms with van der Waals surface area (Å²) in [6, 6.07) is 8.71. The van der Waals surface area contributed by atoms with Crippen molar-refractivity contribution in [2.45, 2.75) is 23.7 Å². The van der Waals surface area contributed by atoms with E-state index in [-0.39, 0.29) is 4.90 Å². The van der Waals surface area contributed by atoms with Crippen LogP contribution in [-0.2, 0) is 9.84 Å². The van der Waals surface area contributed by atoms with Gasteiger partial charge in [-0.1, -0.05) is 6.07 Å². The van der Waals surface area contributed by atoms with Gasteiger partial charge in [-0.25, -0.2) is 8.42 Å². The van der Waals surface area contributed by atoms with E-state index in [2.05, 4.69) is 15.1 Å². The molecule has 1 aromatic carbocycles. The van der Waals surface area contributed by atoms with E-state index in [1.54, 1.807) is 30.5 Å².